The lowest BCUT2D eigenvalue weighted by molar-refractivity contribution is 0.200. The summed E-state index contributed by atoms with van der Waals surface area (Å²) in [5.74, 6) is 0.232. The van der Waals surface area contributed by atoms with Crippen LogP contribution < -0.4 is 0 Å². The van der Waals surface area contributed by atoms with Crippen molar-refractivity contribution in [2.45, 2.75) is 17.4 Å². The molecule has 1 N–H and O–H groups in total. The molecule has 2 rings (SSSR count). The summed E-state index contributed by atoms with van der Waals surface area (Å²) in [5.41, 5.74) is 0.905. The number of aliphatic hydroxyl groups excluding tert-OH is 1. The largest absolute Gasteiger partial charge is 0.392 e. The second-order valence-electron chi connectivity index (χ2n) is 4.36. The van der Waals surface area contributed by atoms with E-state index in [0.717, 1.165) is 14.9 Å². The van der Waals surface area contributed by atoms with E-state index in [1.54, 1.807) is 6.07 Å². The van der Waals surface area contributed by atoms with Gasteiger partial charge in [-0.05, 0) is 35.9 Å². The molecule has 0 aromatic heterocycles. The van der Waals surface area contributed by atoms with Gasteiger partial charge < -0.3 is 5.11 Å². The fourth-order valence-electron chi connectivity index (χ4n) is 1.75. The topological polar surface area (TPSA) is 20.2 Å². The van der Waals surface area contributed by atoms with Crippen LogP contribution in [0.5, 0.6) is 0 Å². The van der Waals surface area contributed by atoms with E-state index in [9.17, 15) is 9.50 Å². The minimum atomic E-state index is -0.526. The highest BCUT2D eigenvalue weighted by molar-refractivity contribution is 9.10. The average molecular weight is 376 g/mol. The summed E-state index contributed by atoms with van der Waals surface area (Å²) in [6.07, 6.45) is -0.0454. The first kappa shape index (κ1) is 15.8. The SMILES string of the molecule is OC(CSc1cccc(F)c1)Cc1ccc(Br)cc1Cl. The summed E-state index contributed by atoms with van der Waals surface area (Å²) in [4.78, 5) is 0.811. The van der Waals surface area contributed by atoms with Gasteiger partial charge in [-0.3, -0.25) is 0 Å². The molecule has 0 aliphatic rings. The Labute approximate surface area is 135 Å². The van der Waals surface area contributed by atoms with Crippen LogP contribution in [0.2, 0.25) is 5.02 Å². The normalized spacial score (nSPS) is 12.4. The van der Waals surface area contributed by atoms with Gasteiger partial charge >= 0.3 is 0 Å². The molecule has 0 saturated carbocycles. The number of halogens is 3. The molecule has 0 bridgehead atoms. The summed E-state index contributed by atoms with van der Waals surface area (Å²) >= 11 is 10.9. The van der Waals surface area contributed by atoms with Gasteiger partial charge in [-0.25, -0.2) is 4.39 Å². The zero-order valence-corrected chi connectivity index (χ0v) is 13.7. The Morgan fingerprint density at radius 3 is 2.75 bits per heavy atom. The van der Waals surface area contributed by atoms with E-state index >= 15 is 0 Å². The van der Waals surface area contributed by atoms with Crippen LogP contribution in [0.1, 0.15) is 5.56 Å². The lowest BCUT2D eigenvalue weighted by Crippen LogP contribution is -2.13. The second kappa shape index (κ2) is 7.46. The van der Waals surface area contributed by atoms with E-state index in [0.29, 0.717) is 17.2 Å². The Hall–Kier alpha value is -0.550. The third kappa shape index (κ3) is 4.77. The van der Waals surface area contributed by atoms with E-state index < -0.39 is 6.10 Å². The maximum absolute atomic E-state index is 13.0. The molecule has 2 aromatic carbocycles. The number of aliphatic hydroxyl groups is 1. The van der Waals surface area contributed by atoms with E-state index in [2.05, 4.69) is 15.9 Å². The average Bonchev–Trinajstić information content (AvgIpc) is 2.40. The second-order valence-corrected chi connectivity index (χ2v) is 6.78. The standard InChI is InChI=1S/C15H13BrClFOS/c16-11-5-4-10(15(17)7-11)6-13(19)9-20-14-3-1-2-12(18)8-14/h1-5,7-8,13,19H,6,9H2. The first-order chi connectivity index (χ1) is 9.54. The van der Waals surface area contributed by atoms with Crippen LogP contribution >= 0.6 is 39.3 Å². The fourth-order valence-corrected chi connectivity index (χ4v) is 3.37. The molecule has 0 saturated heterocycles. The van der Waals surface area contributed by atoms with Gasteiger partial charge in [0.05, 0.1) is 6.10 Å². The molecule has 2 aromatic rings. The summed E-state index contributed by atoms with van der Waals surface area (Å²) in [6, 6.07) is 12.0. The van der Waals surface area contributed by atoms with Crippen molar-refractivity contribution < 1.29 is 9.50 Å². The van der Waals surface area contributed by atoms with Crippen molar-refractivity contribution in [3.8, 4) is 0 Å². The molecule has 0 amide bonds. The molecule has 0 heterocycles. The van der Waals surface area contributed by atoms with Gasteiger partial charge in [-0.15, -0.1) is 11.8 Å². The van der Waals surface area contributed by atoms with Crippen LogP contribution in [-0.4, -0.2) is 17.0 Å². The maximum atomic E-state index is 13.0. The van der Waals surface area contributed by atoms with Crippen molar-refractivity contribution in [3.05, 3.63) is 63.3 Å². The van der Waals surface area contributed by atoms with E-state index in [1.807, 2.05) is 24.3 Å². The van der Waals surface area contributed by atoms with Gasteiger partial charge in [0.15, 0.2) is 0 Å². The van der Waals surface area contributed by atoms with Crippen LogP contribution in [0.25, 0.3) is 0 Å². The highest BCUT2D eigenvalue weighted by atomic mass is 79.9. The number of hydrogen-bond donors (Lipinski definition) is 1. The summed E-state index contributed by atoms with van der Waals surface area (Å²) < 4.78 is 13.9. The number of benzene rings is 2. The predicted molar refractivity (Wildman–Crippen MR) is 86.0 cm³/mol. The lowest BCUT2D eigenvalue weighted by atomic mass is 10.1. The van der Waals surface area contributed by atoms with Crippen LogP contribution in [-0.2, 0) is 6.42 Å². The minimum absolute atomic E-state index is 0.263. The first-order valence-corrected chi connectivity index (χ1v) is 8.20. The molecule has 20 heavy (non-hydrogen) atoms. The summed E-state index contributed by atoms with van der Waals surface area (Å²) in [7, 11) is 0. The zero-order valence-electron chi connectivity index (χ0n) is 10.5. The molecule has 0 spiro atoms. The Morgan fingerprint density at radius 2 is 2.05 bits per heavy atom. The van der Waals surface area contributed by atoms with Gasteiger partial charge in [-0.1, -0.05) is 39.7 Å². The smallest absolute Gasteiger partial charge is 0.124 e. The Morgan fingerprint density at radius 1 is 1.25 bits per heavy atom. The number of rotatable bonds is 5. The molecule has 0 aliphatic carbocycles. The highest BCUT2D eigenvalue weighted by Crippen LogP contribution is 2.25. The Kier molecular flexibility index (Phi) is 5.90. The molecule has 106 valence electrons. The number of hydrogen-bond acceptors (Lipinski definition) is 2. The monoisotopic (exact) mass is 374 g/mol. The van der Waals surface area contributed by atoms with Crippen LogP contribution in [0.3, 0.4) is 0 Å². The molecule has 1 nitrogen and oxygen atoms in total. The van der Waals surface area contributed by atoms with Crippen LogP contribution in [0, 0.1) is 5.82 Å². The van der Waals surface area contributed by atoms with E-state index in [1.165, 1.54) is 23.9 Å². The van der Waals surface area contributed by atoms with E-state index in [4.69, 9.17) is 11.6 Å². The molecular weight excluding hydrogens is 363 g/mol. The van der Waals surface area contributed by atoms with Gasteiger partial charge in [0.2, 0.25) is 0 Å². The first-order valence-electron chi connectivity index (χ1n) is 6.05. The molecule has 5 heteroatoms. The van der Waals surface area contributed by atoms with Gasteiger partial charge in [0.1, 0.15) is 5.82 Å². The van der Waals surface area contributed by atoms with Crippen molar-refractivity contribution in [2.24, 2.45) is 0 Å². The minimum Gasteiger partial charge on any atom is -0.392 e. The van der Waals surface area contributed by atoms with Crippen LogP contribution in [0.15, 0.2) is 51.8 Å². The van der Waals surface area contributed by atoms with Crippen molar-refractivity contribution in [1.82, 2.24) is 0 Å². The maximum Gasteiger partial charge on any atom is 0.124 e. The molecular formula is C15H13BrClFOS. The van der Waals surface area contributed by atoms with Gasteiger partial charge in [0.25, 0.3) is 0 Å². The van der Waals surface area contributed by atoms with Gasteiger partial charge in [0, 0.05) is 26.6 Å². The molecule has 0 aliphatic heterocycles. The van der Waals surface area contributed by atoms with E-state index in [-0.39, 0.29) is 5.82 Å². The van der Waals surface area contributed by atoms with Crippen molar-refractivity contribution in [3.63, 3.8) is 0 Å². The van der Waals surface area contributed by atoms with Crippen molar-refractivity contribution >= 4 is 39.3 Å². The van der Waals surface area contributed by atoms with Gasteiger partial charge in [-0.2, -0.15) is 0 Å². The highest BCUT2D eigenvalue weighted by Gasteiger charge is 2.10. The van der Waals surface area contributed by atoms with Crippen molar-refractivity contribution in [1.29, 1.82) is 0 Å². The summed E-state index contributed by atoms with van der Waals surface area (Å²) in [6.45, 7) is 0. The number of thioether (sulfide) groups is 1. The molecule has 1 unspecified atom stereocenters. The van der Waals surface area contributed by atoms with Crippen molar-refractivity contribution in [2.75, 3.05) is 5.75 Å². The molecule has 0 radical (unpaired) electrons. The zero-order chi connectivity index (χ0) is 14.5. The Balaban J connectivity index is 1.90. The third-order valence-corrected chi connectivity index (χ3v) is 4.69. The fraction of sp³-hybridized carbons (Fsp3) is 0.200. The Bertz CT molecular complexity index is 594. The summed E-state index contributed by atoms with van der Waals surface area (Å²) in [5, 5.41) is 10.7. The molecule has 0 fully saturated rings. The molecule has 1 atom stereocenters. The van der Waals surface area contributed by atoms with Crippen LogP contribution in [0.4, 0.5) is 4.39 Å². The predicted octanol–water partition coefficient (Wildman–Crippen LogP) is 4.94. The lowest BCUT2D eigenvalue weighted by Gasteiger charge is -2.12. The third-order valence-electron chi connectivity index (χ3n) is 2.71. The quantitative estimate of drug-likeness (QED) is 0.747.